The van der Waals surface area contributed by atoms with Gasteiger partial charge >= 0.3 is 0 Å². The fourth-order valence-electron chi connectivity index (χ4n) is 3.16. The average Bonchev–Trinajstić information content (AvgIpc) is 3.26. The molecule has 0 spiro atoms. The van der Waals surface area contributed by atoms with Crippen LogP contribution >= 0.6 is 11.3 Å². The van der Waals surface area contributed by atoms with E-state index < -0.39 is 21.5 Å². The molecule has 11 heteroatoms. The molecule has 9 nitrogen and oxygen atoms in total. The Bertz CT molecular complexity index is 1450. The highest BCUT2D eigenvalue weighted by Gasteiger charge is 2.17. The molecule has 0 bridgehead atoms. The maximum atomic E-state index is 13.1. The van der Waals surface area contributed by atoms with Crippen molar-refractivity contribution in [2.24, 2.45) is 0 Å². The van der Waals surface area contributed by atoms with Crippen LogP contribution in [0, 0.1) is 0 Å². The Balaban J connectivity index is 1.57. The van der Waals surface area contributed by atoms with E-state index in [2.05, 4.69) is 15.1 Å². The summed E-state index contributed by atoms with van der Waals surface area (Å²) in [7, 11) is -2.24. The van der Waals surface area contributed by atoms with Crippen molar-refractivity contribution in [1.82, 2.24) is 14.4 Å². The van der Waals surface area contributed by atoms with E-state index in [0.29, 0.717) is 10.2 Å². The van der Waals surface area contributed by atoms with Crippen LogP contribution in [-0.4, -0.2) is 44.2 Å². The number of amides is 1. The number of carbonyl (C=O) groups is 1. The maximum Gasteiger partial charge on any atom is 0.281 e. The van der Waals surface area contributed by atoms with Gasteiger partial charge in [-0.2, -0.15) is 0 Å². The summed E-state index contributed by atoms with van der Waals surface area (Å²) in [6.45, 7) is 0.371. The topological polar surface area (TPSA) is 119 Å². The fraction of sp³-hybridized carbons (Fsp3) is 0.136. The first kappa shape index (κ1) is 22.8. The summed E-state index contributed by atoms with van der Waals surface area (Å²) in [6, 6.07) is 14.8. The summed E-state index contributed by atoms with van der Waals surface area (Å²) >= 11 is 1.35. The molecule has 4 rings (SSSR count). The zero-order chi connectivity index (χ0) is 23.4. The highest BCUT2D eigenvalue weighted by atomic mass is 32.2. The van der Waals surface area contributed by atoms with Crippen LogP contribution in [0.1, 0.15) is 10.4 Å². The molecule has 0 aliphatic heterocycles. The minimum absolute atomic E-state index is 0.0150. The van der Waals surface area contributed by atoms with Crippen molar-refractivity contribution in [3.8, 4) is 11.1 Å². The van der Waals surface area contributed by atoms with Gasteiger partial charge in [-0.05, 0) is 29.8 Å². The lowest BCUT2D eigenvalue weighted by Gasteiger charge is -2.10. The first-order valence-corrected chi connectivity index (χ1v) is 12.2. The van der Waals surface area contributed by atoms with Gasteiger partial charge < -0.3 is 4.74 Å². The quantitative estimate of drug-likeness (QED) is 0.371. The number of rotatable bonds is 8. The van der Waals surface area contributed by atoms with Crippen LogP contribution in [0.4, 0.5) is 0 Å². The summed E-state index contributed by atoms with van der Waals surface area (Å²) in [5, 5.41) is 2.28. The van der Waals surface area contributed by atoms with Gasteiger partial charge in [0.05, 0.1) is 16.9 Å². The van der Waals surface area contributed by atoms with Crippen LogP contribution in [0.3, 0.4) is 0 Å². The van der Waals surface area contributed by atoms with E-state index in [1.807, 2.05) is 35.7 Å². The van der Waals surface area contributed by atoms with Gasteiger partial charge in [0.2, 0.25) is 10.0 Å². The van der Waals surface area contributed by atoms with E-state index in [-0.39, 0.29) is 23.6 Å². The van der Waals surface area contributed by atoms with E-state index >= 15 is 0 Å². The molecular formula is C22H20N4O5S2. The van der Waals surface area contributed by atoms with Crippen molar-refractivity contribution < 1.29 is 17.9 Å². The molecule has 1 amide bonds. The summed E-state index contributed by atoms with van der Waals surface area (Å²) in [4.78, 5) is 30.6. The summed E-state index contributed by atoms with van der Waals surface area (Å²) in [5.41, 5.74) is 3.91. The lowest BCUT2D eigenvalue weighted by molar-refractivity contribution is 0.101. The molecule has 2 aromatic heterocycles. The molecule has 0 radical (unpaired) electrons. The van der Waals surface area contributed by atoms with Crippen LogP contribution in [-0.2, 0) is 14.8 Å². The molecule has 0 saturated heterocycles. The summed E-state index contributed by atoms with van der Waals surface area (Å²) < 4.78 is 32.8. The van der Waals surface area contributed by atoms with Gasteiger partial charge in [0.1, 0.15) is 11.2 Å². The normalized spacial score (nSPS) is 11.5. The number of hydrogen-bond donors (Lipinski definition) is 2. The smallest absolute Gasteiger partial charge is 0.281 e. The predicted octanol–water partition coefficient (Wildman–Crippen LogP) is 2.43. The molecule has 2 aromatic carbocycles. The molecule has 4 aromatic rings. The third-order valence-corrected chi connectivity index (χ3v) is 7.19. The number of thiophene rings is 1. The molecule has 0 unspecified atom stereocenters. The number of aromatic nitrogens is 2. The van der Waals surface area contributed by atoms with Crippen LogP contribution in [0.2, 0.25) is 0 Å². The number of ether oxygens (including phenoxy) is 1. The van der Waals surface area contributed by atoms with Gasteiger partial charge in [0.15, 0.2) is 0 Å². The fourth-order valence-corrected chi connectivity index (χ4v) is 5.08. The number of fused-ring (bicyclic) bond motifs is 1. The Labute approximate surface area is 193 Å². The zero-order valence-electron chi connectivity index (χ0n) is 17.5. The van der Waals surface area contributed by atoms with E-state index in [1.54, 1.807) is 0 Å². The standard InChI is InChI=1S/C22H20N4O5S2/c1-31-12-11-24-33(29,30)17-9-7-16(8-10-17)20(27)25-26-14-23-21-19(22(26)28)18(13-32-21)15-5-3-2-4-6-15/h2-10,13-14,24H,11-12H2,1H3,(H,25,27). The van der Waals surface area contributed by atoms with Gasteiger partial charge in [-0.3, -0.25) is 15.0 Å². The number of nitrogens with zero attached hydrogens (tertiary/aromatic N) is 2. The summed E-state index contributed by atoms with van der Waals surface area (Å²) in [6.07, 6.45) is 1.26. The maximum absolute atomic E-state index is 13.1. The van der Waals surface area contributed by atoms with Crippen molar-refractivity contribution in [2.75, 3.05) is 25.7 Å². The van der Waals surface area contributed by atoms with Gasteiger partial charge in [-0.1, -0.05) is 30.3 Å². The van der Waals surface area contributed by atoms with E-state index in [9.17, 15) is 18.0 Å². The van der Waals surface area contributed by atoms with Crippen molar-refractivity contribution in [1.29, 1.82) is 0 Å². The van der Waals surface area contributed by atoms with E-state index in [4.69, 9.17) is 4.74 Å². The van der Waals surface area contributed by atoms with Gasteiger partial charge in [-0.15, -0.1) is 11.3 Å². The highest BCUT2D eigenvalue weighted by molar-refractivity contribution is 7.89. The Morgan fingerprint density at radius 1 is 1.12 bits per heavy atom. The van der Waals surface area contributed by atoms with Crippen molar-refractivity contribution >= 4 is 37.5 Å². The number of nitrogens with one attached hydrogen (secondary N) is 2. The van der Waals surface area contributed by atoms with Crippen LogP contribution in [0.5, 0.6) is 0 Å². The average molecular weight is 485 g/mol. The zero-order valence-corrected chi connectivity index (χ0v) is 19.2. The first-order chi connectivity index (χ1) is 15.9. The molecule has 33 heavy (non-hydrogen) atoms. The van der Waals surface area contributed by atoms with Gasteiger partial charge in [0, 0.05) is 30.2 Å². The van der Waals surface area contributed by atoms with Gasteiger partial charge in [0.25, 0.3) is 11.5 Å². The molecular weight excluding hydrogens is 464 g/mol. The van der Waals surface area contributed by atoms with Crippen LogP contribution in [0.15, 0.2) is 76.0 Å². The number of sulfonamides is 1. The van der Waals surface area contributed by atoms with Crippen molar-refractivity contribution in [3.05, 3.63) is 82.2 Å². The third kappa shape index (κ3) is 4.86. The lowest BCUT2D eigenvalue weighted by atomic mass is 10.1. The SMILES string of the molecule is COCCNS(=O)(=O)c1ccc(C(=O)Nn2cnc3scc(-c4ccccc4)c3c2=O)cc1. The second kappa shape index (κ2) is 9.63. The summed E-state index contributed by atoms with van der Waals surface area (Å²) in [5.74, 6) is -0.578. The van der Waals surface area contributed by atoms with E-state index in [1.165, 1.54) is 49.0 Å². The number of carbonyl (C=O) groups excluding carboxylic acids is 1. The highest BCUT2D eigenvalue weighted by Crippen LogP contribution is 2.30. The van der Waals surface area contributed by atoms with Crippen molar-refractivity contribution in [2.45, 2.75) is 4.90 Å². The lowest BCUT2D eigenvalue weighted by Crippen LogP contribution is -2.33. The molecule has 2 heterocycles. The largest absolute Gasteiger partial charge is 0.383 e. The Morgan fingerprint density at radius 3 is 2.55 bits per heavy atom. The Hall–Kier alpha value is -3.38. The number of benzene rings is 2. The van der Waals surface area contributed by atoms with E-state index in [0.717, 1.165) is 15.8 Å². The molecule has 0 aliphatic rings. The first-order valence-electron chi connectivity index (χ1n) is 9.85. The second-order valence-electron chi connectivity index (χ2n) is 6.97. The molecule has 0 fully saturated rings. The molecule has 0 atom stereocenters. The number of hydrogen-bond acceptors (Lipinski definition) is 7. The Kier molecular flexibility index (Phi) is 6.65. The molecule has 0 saturated carbocycles. The monoisotopic (exact) mass is 484 g/mol. The van der Waals surface area contributed by atoms with Crippen LogP contribution in [0.25, 0.3) is 21.3 Å². The minimum Gasteiger partial charge on any atom is -0.383 e. The minimum atomic E-state index is -3.72. The third-order valence-electron chi connectivity index (χ3n) is 4.83. The van der Waals surface area contributed by atoms with Gasteiger partial charge in [-0.25, -0.2) is 22.8 Å². The number of methoxy groups -OCH3 is 1. The molecule has 2 N–H and O–H groups in total. The van der Waals surface area contributed by atoms with Crippen molar-refractivity contribution in [3.63, 3.8) is 0 Å². The second-order valence-corrected chi connectivity index (χ2v) is 9.60. The molecule has 0 aliphatic carbocycles. The predicted molar refractivity (Wildman–Crippen MR) is 127 cm³/mol. The Morgan fingerprint density at radius 2 is 1.85 bits per heavy atom. The van der Waals surface area contributed by atoms with Crippen LogP contribution < -0.4 is 15.7 Å². The molecule has 170 valence electrons.